The minimum Gasteiger partial charge on any atom is -0.487 e. The summed E-state index contributed by atoms with van der Waals surface area (Å²) in [6.07, 6.45) is 1.72. The van der Waals surface area contributed by atoms with Crippen molar-refractivity contribution in [3.05, 3.63) is 88.7 Å². The molecule has 0 saturated carbocycles. The molecule has 0 fully saturated rings. The number of carbonyl (C=O) groups is 1. The van der Waals surface area contributed by atoms with Crippen LogP contribution in [0.1, 0.15) is 32.7 Å². The maximum absolute atomic E-state index is 12.6. The molecule has 3 aromatic rings. The minimum absolute atomic E-state index is 0.106. The molecule has 1 aromatic heterocycles. The van der Waals surface area contributed by atoms with Crippen molar-refractivity contribution >= 4 is 15.9 Å². The topological polar surface area (TPSA) is 97.4 Å². The van der Waals surface area contributed by atoms with Crippen molar-refractivity contribution in [3.63, 3.8) is 0 Å². The average Bonchev–Trinajstić information content (AvgIpc) is 2.79. The smallest absolute Gasteiger partial charge is 0.251 e. The molecule has 0 aliphatic carbocycles. The molecule has 31 heavy (non-hydrogen) atoms. The van der Waals surface area contributed by atoms with Crippen molar-refractivity contribution in [3.8, 4) is 5.75 Å². The fraction of sp³-hybridized carbons (Fsp3) is 0.217. The van der Waals surface area contributed by atoms with Gasteiger partial charge in [0.25, 0.3) is 5.91 Å². The number of ether oxygens (including phenoxy) is 1. The molecule has 0 aliphatic rings. The summed E-state index contributed by atoms with van der Waals surface area (Å²) < 4.78 is 32.5. The molecule has 0 radical (unpaired) electrons. The predicted molar refractivity (Wildman–Crippen MR) is 118 cm³/mol. The number of rotatable bonds is 8. The predicted octanol–water partition coefficient (Wildman–Crippen LogP) is 3.12. The molecule has 1 heterocycles. The summed E-state index contributed by atoms with van der Waals surface area (Å²) in [6, 6.07) is 16.1. The second-order valence-corrected chi connectivity index (χ2v) is 8.92. The molecule has 7 nitrogen and oxygen atoms in total. The molecule has 2 N–H and O–H groups in total. The third-order valence-corrected chi connectivity index (χ3v) is 6.47. The van der Waals surface area contributed by atoms with E-state index in [4.69, 9.17) is 4.74 Å². The number of amides is 1. The van der Waals surface area contributed by atoms with Crippen LogP contribution < -0.4 is 14.8 Å². The van der Waals surface area contributed by atoms with Crippen molar-refractivity contribution in [1.29, 1.82) is 0 Å². The molecule has 3 rings (SSSR count). The van der Waals surface area contributed by atoms with Gasteiger partial charge in [0.2, 0.25) is 10.0 Å². The Hall–Kier alpha value is -3.23. The van der Waals surface area contributed by atoms with Crippen LogP contribution in [0.15, 0.2) is 65.7 Å². The summed E-state index contributed by atoms with van der Waals surface area (Å²) in [6.45, 7) is 4.19. The van der Waals surface area contributed by atoms with Crippen LogP contribution in [-0.2, 0) is 23.2 Å². The monoisotopic (exact) mass is 439 g/mol. The molecule has 0 unspecified atom stereocenters. The average molecular weight is 440 g/mol. The summed E-state index contributed by atoms with van der Waals surface area (Å²) in [7, 11) is -2.31. The highest BCUT2D eigenvalue weighted by molar-refractivity contribution is 7.89. The van der Waals surface area contributed by atoms with Crippen molar-refractivity contribution in [1.82, 2.24) is 15.0 Å². The normalized spacial score (nSPS) is 11.2. The van der Waals surface area contributed by atoms with Gasteiger partial charge in [-0.15, -0.1) is 0 Å². The molecule has 0 atom stereocenters. The molecular formula is C23H25N3O4S. The Morgan fingerprint density at radius 2 is 1.81 bits per heavy atom. The Bertz CT molecular complexity index is 1160. The second-order valence-electron chi connectivity index (χ2n) is 7.06. The van der Waals surface area contributed by atoms with Gasteiger partial charge in [-0.05, 0) is 74.0 Å². The van der Waals surface area contributed by atoms with E-state index in [9.17, 15) is 13.2 Å². The lowest BCUT2D eigenvalue weighted by Crippen LogP contribution is -2.25. The fourth-order valence-electron chi connectivity index (χ4n) is 2.98. The van der Waals surface area contributed by atoms with Gasteiger partial charge in [-0.25, -0.2) is 13.1 Å². The summed E-state index contributed by atoms with van der Waals surface area (Å²) >= 11 is 0. The van der Waals surface area contributed by atoms with E-state index in [1.807, 2.05) is 42.5 Å². The van der Waals surface area contributed by atoms with E-state index in [0.29, 0.717) is 30.0 Å². The minimum atomic E-state index is -3.65. The van der Waals surface area contributed by atoms with E-state index >= 15 is 0 Å². The highest BCUT2D eigenvalue weighted by atomic mass is 32.2. The maximum atomic E-state index is 12.6. The quantitative estimate of drug-likeness (QED) is 0.562. The highest BCUT2D eigenvalue weighted by Crippen LogP contribution is 2.21. The second kappa shape index (κ2) is 9.72. The number of aryl methyl sites for hydroxylation is 1. The summed E-state index contributed by atoms with van der Waals surface area (Å²) in [5, 5.41) is 2.83. The van der Waals surface area contributed by atoms with Crippen LogP contribution >= 0.6 is 0 Å². The first-order chi connectivity index (χ1) is 14.8. The van der Waals surface area contributed by atoms with Crippen LogP contribution in [-0.4, -0.2) is 26.4 Å². The lowest BCUT2D eigenvalue weighted by molar-refractivity contribution is 0.0950. The highest BCUT2D eigenvalue weighted by Gasteiger charge is 2.19. The summed E-state index contributed by atoms with van der Waals surface area (Å²) in [4.78, 5) is 16.9. The zero-order valence-corrected chi connectivity index (χ0v) is 18.5. The number of hydrogen-bond acceptors (Lipinski definition) is 5. The van der Waals surface area contributed by atoms with Gasteiger partial charge < -0.3 is 10.1 Å². The van der Waals surface area contributed by atoms with E-state index in [0.717, 1.165) is 16.8 Å². The molecular weight excluding hydrogens is 414 g/mol. The number of aromatic nitrogens is 1. The van der Waals surface area contributed by atoms with Crippen molar-refractivity contribution in [2.45, 2.75) is 31.9 Å². The van der Waals surface area contributed by atoms with Gasteiger partial charge in [-0.3, -0.25) is 9.78 Å². The van der Waals surface area contributed by atoms with Crippen LogP contribution in [0.2, 0.25) is 0 Å². The summed E-state index contributed by atoms with van der Waals surface area (Å²) in [5.41, 5.74) is 3.38. The van der Waals surface area contributed by atoms with Crippen LogP contribution in [0.25, 0.3) is 0 Å². The lowest BCUT2D eigenvalue weighted by Gasteiger charge is -2.13. The Morgan fingerprint density at radius 1 is 1.06 bits per heavy atom. The molecule has 8 heteroatoms. The molecule has 0 saturated heterocycles. The zero-order chi connectivity index (χ0) is 22.4. The molecule has 0 bridgehead atoms. The number of carbonyl (C=O) groups excluding carboxylic acids is 1. The Labute approximate surface area is 182 Å². The number of hydrogen-bond donors (Lipinski definition) is 2. The first kappa shape index (κ1) is 22.5. The molecule has 2 aromatic carbocycles. The molecule has 0 aliphatic heterocycles. The van der Waals surface area contributed by atoms with Crippen molar-refractivity contribution in [2.75, 3.05) is 7.05 Å². The third-order valence-electron chi connectivity index (χ3n) is 4.93. The first-order valence-electron chi connectivity index (χ1n) is 9.75. The van der Waals surface area contributed by atoms with E-state index in [2.05, 4.69) is 15.0 Å². The Kier molecular flexibility index (Phi) is 7.04. The number of benzene rings is 2. The van der Waals surface area contributed by atoms with Crippen molar-refractivity contribution < 1.29 is 17.9 Å². The SMILES string of the molecule is CNS(=O)(=O)c1cc(C(=O)NCc2ccc(OCc3ccccn3)cc2)cc(C)c1C. The Morgan fingerprint density at radius 3 is 2.45 bits per heavy atom. The van der Waals surface area contributed by atoms with Crippen LogP contribution in [0.3, 0.4) is 0 Å². The standard InChI is InChI=1S/C23H25N3O4S/c1-16-12-19(13-22(17(16)2)31(28,29)24-3)23(27)26-14-18-7-9-21(10-8-18)30-15-20-6-4-5-11-25-20/h4-13,24H,14-15H2,1-3H3,(H,26,27). The van der Waals surface area contributed by atoms with E-state index < -0.39 is 10.0 Å². The third kappa shape index (κ3) is 5.68. The van der Waals surface area contributed by atoms with Gasteiger partial charge in [0, 0.05) is 18.3 Å². The maximum Gasteiger partial charge on any atom is 0.251 e. The van der Waals surface area contributed by atoms with Gasteiger partial charge in [-0.2, -0.15) is 0 Å². The number of nitrogens with zero attached hydrogens (tertiary/aromatic N) is 1. The number of pyridine rings is 1. The van der Waals surface area contributed by atoms with Gasteiger partial charge >= 0.3 is 0 Å². The summed E-state index contributed by atoms with van der Waals surface area (Å²) in [5.74, 6) is 0.364. The fourth-order valence-corrected chi connectivity index (χ4v) is 4.04. The van der Waals surface area contributed by atoms with E-state index in [-0.39, 0.29) is 10.8 Å². The largest absolute Gasteiger partial charge is 0.487 e. The van der Waals surface area contributed by atoms with Crippen LogP contribution in [0, 0.1) is 13.8 Å². The molecule has 1 amide bonds. The van der Waals surface area contributed by atoms with Crippen molar-refractivity contribution in [2.24, 2.45) is 0 Å². The number of nitrogens with one attached hydrogen (secondary N) is 2. The first-order valence-corrected chi connectivity index (χ1v) is 11.2. The van der Waals surface area contributed by atoms with Gasteiger partial charge in [0.15, 0.2) is 0 Å². The number of sulfonamides is 1. The van der Waals surface area contributed by atoms with Crippen LogP contribution in [0.5, 0.6) is 5.75 Å². The molecule has 0 spiro atoms. The Balaban J connectivity index is 1.63. The van der Waals surface area contributed by atoms with E-state index in [1.165, 1.54) is 13.1 Å². The lowest BCUT2D eigenvalue weighted by atomic mass is 10.1. The molecule has 162 valence electrons. The van der Waals surface area contributed by atoms with Crippen LogP contribution in [0.4, 0.5) is 0 Å². The van der Waals surface area contributed by atoms with Gasteiger partial charge in [0.05, 0.1) is 10.6 Å². The van der Waals surface area contributed by atoms with Gasteiger partial charge in [-0.1, -0.05) is 18.2 Å². The zero-order valence-electron chi connectivity index (χ0n) is 17.7. The van der Waals surface area contributed by atoms with E-state index in [1.54, 1.807) is 26.1 Å². The van der Waals surface area contributed by atoms with Gasteiger partial charge in [0.1, 0.15) is 12.4 Å².